The van der Waals surface area contributed by atoms with Crippen LogP contribution >= 0.6 is 0 Å². The molecule has 12 nitrogen and oxygen atoms in total. The summed E-state index contributed by atoms with van der Waals surface area (Å²) in [5, 5.41) is 71.5. The summed E-state index contributed by atoms with van der Waals surface area (Å²) in [6.45, 7) is 0.610. The lowest BCUT2D eigenvalue weighted by molar-refractivity contribution is -0.352. The van der Waals surface area contributed by atoms with E-state index in [-0.39, 0.29) is 6.42 Å². The SMILES string of the molecule is COC(=O)C1=CO[C@H](O[C@H]2O[C@@H](CO)[C@@H](O)[C@@H](O)[C@@H]2O)[C@H]2[C@]1(O)[C@H](O)C[C@]2(C)O. The molecular weight excluding hydrogens is 396 g/mol. The van der Waals surface area contributed by atoms with Crippen LogP contribution in [0.5, 0.6) is 0 Å². The van der Waals surface area contributed by atoms with Crippen molar-refractivity contribution in [2.24, 2.45) is 5.92 Å². The Bertz CT molecular complexity index is 663. The summed E-state index contributed by atoms with van der Waals surface area (Å²) in [7, 11) is 1.07. The summed E-state index contributed by atoms with van der Waals surface area (Å²) in [6, 6.07) is 0. The van der Waals surface area contributed by atoms with E-state index < -0.39 is 78.4 Å². The zero-order chi connectivity index (χ0) is 21.7. The van der Waals surface area contributed by atoms with Gasteiger partial charge in [-0.15, -0.1) is 0 Å². The van der Waals surface area contributed by atoms with Crippen LogP contribution in [0.1, 0.15) is 13.3 Å². The van der Waals surface area contributed by atoms with E-state index in [1.54, 1.807) is 0 Å². The maximum atomic E-state index is 12.1. The third kappa shape index (κ3) is 3.44. The lowest BCUT2D eigenvalue weighted by Crippen LogP contribution is -2.63. The topological polar surface area (TPSA) is 196 Å². The molecule has 0 aromatic carbocycles. The predicted molar refractivity (Wildman–Crippen MR) is 89.5 cm³/mol. The van der Waals surface area contributed by atoms with E-state index >= 15 is 0 Å². The number of aliphatic hydroxyl groups excluding tert-OH is 5. The fraction of sp³-hybridized carbons (Fsp3) is 0.824. The van der Waals surface area contributed by atoms with Gasteiger partial charge < -0.3 is 54.7 Å². The van der Waals surface area contributed by atoms with Crippen LogP contribution in [-0.2, 0) is 23.7 Å². The average Bonchev–Trinajstić information content (AvgIpc) is 2.86. The van der Waals surface area contributed by atoms with Crippen molar-refractivity contribution in [1.29, 1.82) is 0 Å². The molecule has 12 heteroatoms. The lowest BCUT2D eigenvalue weighted by atomic mass is 9.76. The van der Waals surface area contributed by atoms with E-state index in [0.717, 1.165) is 13.4 Å². The molecule has 3 rings (SSSR count). The summed E-state index contributed by atoms with van der Waals surface area (Å²) in [5.41, 5.74) is -4.50. The highest BCUT2D eigenvalue weighted by Gasteiger charge is 2.68. The van der Waals surface area contributed by atoms with Crippen LogP contribution in [0.25, 0.3) is 0 Å². The number of hydrogen-bond acceptors (Lipinski definition) is 12. The number of aliphatic hydroxyl groups is 7. The minimum absolute atomic E-state index is 0.333. The largest absolute Gasteiger partial charge is 0.471 e. The Morgan fingerprint density at radius 2 is 1.83 bits per heavy atom. The molecule has 0 spiro atoms. The average molecular weight is 422 g/mol. The maximum absolute atomic E-state index is 12.1. The number of ether oxygens (including phenoxy) is 4. The molecule has 7 N–H and O–H groups in total. The molecule has 1 aliphatic carbocycles. The van der Waals surface area contributed by atoms with Crippen LogP contribution in [-0.4, -0.2) is 110 Å². The summed E-state index contributed by atoms with van der Waals surface area (Å²) < 4.78 is 20.7. The van der Waals surface area contributed by atoms with E-state index in [1.807, 2.05) is 0 Å². The molecule has 0 aromatic heterocycles. The fourth-order valence-corrected chi connectivity index (χ4v) is 4.26. The van der Waals surface area contributed by atoms with E-state index in [0.29, 0.717) is 0 Å². The predicted octanol–water partition coefficient (Wildman–Crippen LogP) is -3.92. The zero-order valence-corrected chi connectivity index (χ0v) is 15.8. The quantitative estimate of drug-likeness (QED) is 0.218. The van der Waals surface area contributed by atoms with E-state index in [4.69, 9.17) is 14.2 Å². The Kier molecular flexibility index (Phi) is 5.95. The molecule has 10 atom stereocenters. The minimum atomic E-state index is -2.30. The zero-order valence-electron chi connectivity index (χ0n) is 15.8. The number of rotatable bonds is 4. The van der Waals surface area contributed by atoms with E-state index in [2.05, 4.69) is 4.74 Å². The van der Waals surface area contributed by atoms with Gasteiger partial charge in [-0.2, -0.15) is 0 Å². The van der Waals surface area contributed by atoms with Crippen molar-refractivity contribution in [2.75, 3.05) is 13.7 Å². The monoisotopic (exact) mass is 422 g/mol. The van der Waals surface area contributed by atoms with Crippen molar-refractivity contribution >= 4 is 5.97 Å². The third-order valence-corrected chi connectivity index (χ3v) is 5.80. The van der Waals surface area contributed by atoms with Gasteiger partial charge in [-0.3, -0.25) is 0 Å². The summed E-state index contributed by atoms with van der Waals surface area (Å²) in [5.74, 6) is -2.41. The fourth-order valence-electron chi connectivity index (χ4n) is 4.26. The molecule has 166 valence electrons. The van der Waals surface area contributed by atoms with Gasteiger partial charge >= 0.3 is 5.97 Å². The van der Waals surface area contributed by atoms with Gasteiger partial charge in [0.2, 0.25) is 6.29 Å². The number of carbonyl (C=O) groups is 1. The number of fused-ring (bicyclic) bond motifs is 1. The van der Waals surface area contributed by atoms with Gasteiger partial charge in [-0.05, 0) is 6.92 Å². The highest BCUT2D eigenvalue weighted by atomic mass is 16.8. The van der Waals surface area contributed by atoms with Gasteiger partial charge in [0.05, 0.1) is 31.3 Å². The molecule has 0 unspecified atom stereocenters. The second kappa shape index (κ2) is 7.72. The molecule has 3 aliphatic rings. The lowest BCUT2D eigenvalue weighted by Gasteiger charge is -2.46. The van der Waals surface area contributed by atoms with Crippen molar-refractivity contribution in [3.63, 3.8) is 0 Å². The highest BCUT2D eigenvalue weighted by molar-refractivity contribution is 5.91. The van der Waals surface area contributed by atoms with Gasteiger partial charge in [-0.25, -0.2) is 4.79 Å². The smallest absolute Gasteiger partial charge is 0.339 e. The molecule has 0 radical (unpaired) electrons. The van der Waals surface area contributed by atoms with Crippen LogP contribution < -0.4 is 0 Å². The van der Waals surface area contributed by atoms with Gasteiger partial charge in [-0.1, -0.05) is 0 Å². The van der Waals surface area contributed by atoms with E-state index in [9.17, 15) is 40.5 Å². The normalized spacial score (nSPS) is 49.8. The van der Waals surface area contributed by atoms with Gasteiger partial charge in [0.1, 0.15) is 41.9 Å². The Labute approximate surface area is 165 Å². The van der Waals surface area contributed by atoms with Crippen LogP contribution in [0.2, 0.25) is 0 Å². The Morgan fingerprint density at radius 1 is 1.17 bits per heavy atom. The number of esters is 1. The highest BCUT2D eigenvalue weighted by Crippen LogP contribution is 2.52. The minimum Gasteiger partial charge on any atom is -0.471 e. The molecule has 1 saturated carbocycles. The summed E-state index contributed by atoms with van der Waals surface area (Å²) in [4.78, 5) is 12.1. The summed E-state index contributed by atoms with van der Waals surface area (Å²) in [6.07, 6.45) is -10.6. The van der Waals surface area contributed by atoms with E-state index in [1.165, 1.54) is 6.92 Å². The molecule has 29 heavy (non-hydrogen) atoms. The van der Waals surface area contributed by atoms with Crippen molar-refractivity contribution in [3.8, 4) is 0 Å². The first-order chi connectivity index (χ1) is 13.5. The maximum Gasteiger partial charge on any atom is 0.339 e. The Hall–Kier alpha value is -1.35. The molecule has 1 saturated heterocycles. The Morgan fingerprint density at radius 3 is 2.41 bits per heavy atom. The van der Waals surface area contributed by atoms with Gasteiger partial charge in [0.15, 0.2) is 6.29 Å². The molecule has 2 heterocycles. The molecular formula is C17H26O12. The second-order valence-corrected chi connectivity index (χ2v) is 7.74. The van der Waals surface area contributed by atoms with Crippen LogP contribution in [0.15, 0.2) is 11.8 Å². The first-order valence-electron chi connectivity index (χ1n) is 9.02. The molecule has 2 fully saturated rings. The second-order valence-electron chi connectivity index (χ2n) is 7.74. The van der Waals surface area contributed by atoms with Crippen molar-refractivity contribution < 1.29 is 59.5 Å². The number of methoxy groups -OCH3 is 1. The van der Waals surface area contributed by atoms with Crippen LogP contribution in [0.4, 0.5) is 0 Å². The Balaban J connectivity index is 1.92. The molecule has 0 bridgehead atoms. The first-order valence-corrected chi connectivity index (χ1v) is 9.02. The number of hydrogen-bond donors (Lipinski definition) is 7. The van der Waals surface area contributed by atoms with Crippen LogP contribution in [0.3, 0.4) is 0 Å². The molecule has 0 aromatic rings. The molecule has 0 amide bonds. The van der Waals surface area contributed by atoms with Crippen molar-refractivity contribution in [2.45, 2.75) is 67.6 Å². The van der Waals surface area contributed by atoms with Crippen molar-refractivity contribution in [3.05, 3.63) is 11.8 Å². The third-order valence-electron chi connectivity index (χ3n) is 5.80. The van der Waals surface area contributed by atoms with Crippen molar-refractivity contribution in [1.82, 2.24) is 0 Å². The van der Waals surface area contributed by atoms with Gasteiger partial charge in [0.25, 0.3) is 0 Å². The molecule has 2 aliphatic heterocycles. The number of carbonyl (C=O) groups excluding carboxylic acids is 1. The standard InChI is InChI=1S/C17H26O12/c1-16(24)3-8(19)17(25)6(13(23)26-2)5-27-15(12(16)17)29-14-11(22)10(21)9(20)7(4-18)28-14/h5,7-12,14-15,18-22,24-25H,3-4H2,1-2H3/t7-,8+,9+,10+,11-,12+,14+,15+,16-,17+/m0/s1. The summed E-state index contributed by atoms with van der Waals surface area (Å²) >= 11 is 0. The van der Waals surface area contributed by atoms with Gasteiger partial charge in [0, 0.05) is 6.42 Å². The first kappa shape index (κ1) is 22.3. The van der Waals surface area contributed by atoms with Crippen LogP contribution in [0, 0.1) is 5.92 Å².